The van der Waals surface area contributed by atoms with Crippen LogP contribution >= 0.6 is 0 Å². The normalized spacial score (nSPS) is 13.2. The summed E-state index contributed by atoms with van der Waals surface area (Å²) < 4.78 is 5.79. The van der Waals surface area contributed by atoms with Crippen LogP contribution in [0.25, 0.3) is 0 Å². The maximum absolute atomic E-state index is 11.2. The molecule has 0 aliphatic carbocycles. The molecule has 0 fully saturated rings. The molecule has 4 nitrogen and oxygen atoms in total. The smallest absolute Gasteiger partial charge is 0.333 e. The highest BCUT2D eigenvalue weighted by Gasteiger charge is 2.24. The topological polar surface area (TPSA) is 46.5 Å². The van der Waals surface area contributed by atoms with E-state index < -0.39 is 12.1 Å². The quantitative estimate of drug-likeness (QED) is 0.389. The van der Waals surface area contributed by atoms with Crippen molar-refractivity contribution in [3.8, 4) is 0 Å². The molecule has 0 aromatic heterocycles. The highest BCUT2D eigenvalue weighted by atomic mass is 16.5. The summed E-state index contributed by atoms with van der Waals surface area (Å²) >= 11 is 0. The van der Waals surface area contributed by atoms with Crippen LogP contribution in [0.15, 0.2) is 12.2 Å². The van der Waals surface area contributed by atoms with Crippen molar-refractivity contribution in [2.45, 2.75) is 39.7 Å². The van der Waals surface area contributed by atoms with Gasteiger partial charge in [-0.2, -0.15) is 0 Å². The van der Waals surface area contributed by atoms with Gasteiger partial charge in [0.2, 0.25) is 0 Å². The fraction of sp³-hybridized carbons (Fsp3) is 0.786. The molecule has 106 valence electrons. The van der Waals surface area contributed by atoms with Crippen LogP contribution in [0.4, 0.5) is 0 Å². The number of ether oxygens (including phenoxy) is 1. The summed E-state index contributed by atoms with van der Waals surface area (Å²) in [4.78, 5) is 11.2. The van der Waals surface area contributed by atoms with Crippen LogP contribution in [-0.2, 0) is 9.53 Å². The second kappa shape index (κ2) is 8.27. The zero-order valence-electron chi connectivity index (χ0n) is 12.2. The van der Waals surface area contributed by atoms with Crippen molar-refractivity contribution in [2.24, 2.45) is 0 Å². The molecule has 0 spiro atoms. The predicted octanol–water partition coefficient (Wildman–Crippen LogP) is 1.73. The number of likely N-dealkylation sites (N-methyl/N-ethyl adjacent to an activating group) is 1. The van der Waals surface area contributed by atoms with Crippen molar-refractivity contribution in [3.63, 3.8) is 0 Å². The Hall–Kier alpha value is -0.870. The molecule has 0 aliphatic rings. The summed E-state index contributed by atoms with van der Waals surface area (Å²) in [6.45, 7) is 12.1. The lowest BCUT2D eigenvalue weighted by molar-refractivity contribution is -0.912. The van der Waals surface area contributed by atoms with Gasteiger partial charge in [0.1, 0.15) is 19.3 Å². The van der Waals surface area contributed by atoms with E-state index in [9.17, 15) is 9.90 Å². The first kappa shape index (κ1) is 17.1. The number of esters is 1. The summed E-state index contributed by atoms with van der Waals surface area (Å²) in [6.07, 6.45) is 1.54. The maximum atomic E-state index is 11.2. The Morgan fingerprint density at radius 1 is 1.33 bits per heavy atom. The minimum absolute atomic E-state index is 0.0486. The molecule has 0 aromatic carbocycles. The number of rotatable bonds is 9. The van der Waals surface area contributed by atoms with Crippen molar-refractivity contribution in [2.75, 3.05) is 33.3 Å². The largest absolute Gasteiger partial charge is 0.459 e. The summed E-state index contributed by atoms with van der Waals surface area (Å²) in [5.74, 6) is -0.436. The van der Waals surface area contributed by atoms with Crippen LogP contribution in [0.1, 0.15) is 33.6 Å². The van der Waals surface area contributed by atoms with Gasteiger partial charge in [0.15, 0.2) is 0 Å². The molecular formula is C14H28NO3+. The van der Waals surface area contributed by atoms with Crippen LogP contribution in [0, 0.1) is 0 Å². The van der Waals surface area contributed by atoms with E-state index in [1.54, 1.807) is 6.92 Å². The number of hydrogen-bond acceptors (Lipinski definition) is 3. The first-order valence-electron chi connectivity index (χ1n) is 6.69. The van der Waals surface area contributed by atoms with Gasteiger partial charge in [-0.3, -0.25) is 0 Å². The molecule has 0 aromatic rings. The molecule has 0 aliphatic heterocycles. The lowest BCUT2D eigenvalue weighted by Gasteiger charge is -2.35. The Balaban J connectivity index is 4.21. The summed E-state index contributed by atoms with van der Waals surface area (Å²) in [5, 5.41) is 9.95. The number of aliphatic hydroxyl groups is 1. The zero-order chi connectivity index (χ0) is 14.2. The van der Waals surface area contributed by atoms with Gasteiger partial charge >= 0.3 is 5.97 Å². The number of carbonyl (C=O) groups is 1. The van der Waals surface area contributed by atoms with E-state index in [1.807, 2.05) is 0 Å². The Labute approximate surface area is 111 Å². The molecule has 0 saturated heterocycles. The zero-order valence-corrected chi connectivity index (χ0v) is 12.2. The standard InChI is InChI=1S/C14H28NO3/c1-6-8-15(5,9-7-2)10-13(16)11-18-14(17)12(3)4/h13,16H,3,6-11H2,1-2,4-5H3/q+1. The molecule has 4 heteroatoms. The highest BCUT2D eigenvalue weighted by molar-refractivity contribution is 5.86. The molecule has 0 saturated carbocycles. The average Bonchev–Trinajstić information content (AvgIpc) is 2.25. The van der Waals surface area contributed by atoms with Crippen LogP contribution in [-0.4, -0.2) is 55.0 Å². The number of hydrogen-bond donors (Lipinski definition) is 1. The van der Waals surface area contributed by atoms with Gasteiger partial charge in [-0.1, -0.05) is 20.4 Å². The lowest BCUT2D eigenvalue weighted by Crippen LogP contribution is -2.50. The molecule has 1 atom stereocenters. The molecule has 0 heterocycles. The van der Waals surface area contributed by atoms with Crippen molar-refractivity contribution in [3.05, 3.63) is 12.2 Å². The first-order chi connectivity index (χ1) is 8.34. The van der Waals surface area contributed by atoms with E-state index in [0.717, 1.165) is 30.4 Å². The van der Waals surface area contributed by atoms with Crippen LogP contribution in [0.3, 0.4) is 0 Å². The Morgan fingerprint density at radius 3 is 2.22 bits per heavy atom. The highest BCUT2D eigenvalue weighted by Crippen LogP contribution is 2.08. The molecular weight excluding hydrogens is 230 g/mol. The third-order valence-corrected chi connectivity index (χ3v) is 2.93. The summed E-state index contributed by atoms with van der Waals surface area (Å²) in [6, 6.07) is 0. The lowest BCUT2D eigenvalue weighted by atomic mass is 10.2. The van der Waals surface area contributed by atoms with Gasteiger partial charge in [-0.05, 0) is 19.8 Å². The van der Waals surface area contributed by atoms with E-state index in [-0.39, 0.29) is 6.61 Å². The Kier molecular flexibility index (Phi) is 7.87. The number of aliphatic hydroxyl groups excluding tert-OH is 1. The SMILES string of the molecule is C=C(C)C(=O)OCC(O)C[N+](C)(CCC)CCC. The first-order valence-corrected chi connectivity index (χ1v) is 6.69. The summed E-state index contributed by atoms with van der Waals surface area (Å²) in [5.41, 5.74) is 0.363. The van der Waals surface area contributed by atoms with Crippen molar-refractivity contribution in [1.82, 2.24) is 0 Å². The Bertz CT molecular complexity index is 270. The molecule has 0 radical (unpaired) electrons. The van der Waals surface area contributed by atoms with E-state index in [2.05, 4.69) is 27.5 Å². The molecule has 1 unspecified atom stereocenters. The van der Waals surface area contributed by atoms with Crippen molar-refractivity contribution >= 4 is 5.97 Å². The van der Waals surface area contributed by atoms with Gasteiger partial charge in [-0.15, -0.1) is 0 Å². The predicted molar refractivity (Wildman–Crippen MR) is 73.1 cm³/mol. The minimum Gasteiger partial charge on any atom is -0.459 e. The number of nitrogens with zero attached hydrogens (tertiary/aromatic N) is 1. The van der Waals surface area contributed by atoms with Gasteiger partial charge in [-0.25, -0.2) is 4.79 Å². The fourth-order valence-electron chi connectivity index (χ4n) is 2.23. The van der Waals surface area contributed by atoms with E-state index >= 15 is 0 Å². The second-order valence-electron chi connectivity index (χ2n) is 5.28. The van der Waals surface area contributed by atoms with E-state index in [4.69, 9.17) is 4.74 Å². The van der Waals surface area contributed by atoms with Gasteiger partial charge < -0.3 is 14.3 Å². The molecule has 0 rings (SSSR count). The average molecular weight is 258 g/mol. The molecule has 1 N–H and O–H groups in total. The molecule has 0 amide bonds. The fourth-order valence-corrected chi connectivity index (χ4v) is 2.23. The van der Waals surface area contributed by atoms with Crippen LogP contribution in [0.2, 0.25) is 0 Å². The van der Waals surface area contributed by atoms with Gasteiger partial charge in [0, 0.05) is 5.57 Å². The summed E-state index contributed by atoms with van der Waals surface area (Å²) in [7, 11) is 2.14. The third kappa shape index (κ3) is 6.77. The maximum Gasteiger partial charge on any atom is 0.333 e. The van der Waals surface area contributed by atoms with Crippen molar-refractivity contribution in [1.29, 1.82) is 0 Å². The second-order valence-corrected chi connectivity index (χ2v) is 5.28. The van der Waals surface area contributed by atoms with Gasteiger partial charge in [0.05, 0.1) is 20.1 Å². The Morgan fingerprint density at radius 2 is 1.83 bits per heavy atom. The van der Waals surface area contributed by atoms with Crippen LogP contribution < -0.4 is 0 Å². The minimum atomic E-state index is -0.614. The van der Waals surface area contributed by atoms with Crippen molar-refractivity contribution < 1.29 is 19.1 Å². The molecule has 0 bridgehead atoms. The monoisotopic (exact) mass is 258 g/mol. The van der Waals surface area contributed by atoms with E-state index in [1.165, 1.54) is 0 Å². The van der Waals surface area contributed by atoms with E-state index in [0.29, 0.717) is 12.1 Å². The van der Waals surface area contributed by atoms with Gasteiger partial charge in [0.25, 0.3) is 0 Å². The number of carbonyl (C=O) groups excluding carboxylic acids is 1. The van der Waals surface area contributed by atoms with Crippen LogP contribution in [0.5, 0.6) is 0 Å². The number of quaternary nitrogens is 1. The third-order valence-electron chi connectivity index (χ3n) is 2.93. The molecule has 18 heavy (non-hydrogen) atoms.